The van der Waals surface area contributed by atoms with Crippen molar-refractivity contribution in [2.45, 2.75) is 44.9 Å². The Labute approximate surface area is 128 Å². The van der Waals surface area contributed by atoms with Gasteiger partial charge in [0.25, 0.3) is 0 Å². The summed E-state index contributed by atoms with van der Waals surface area (Å²) in [6, 6.07) is 8.49. The summed E-state index contributed by atoms with van der Waals surface area (Å²) in [6.45, 7) is 4.32. The molecule has 0 heterocycles. The maximum absolute atomic E-state index is 6.18. The highest BCUT2D eigenvalue weighted by atomic mass is 35.5. The molecule has 4 atom stereocenters. The van der Waals surface area contributed by atoms with Crippen molar-refractivity contribution in [3.05, 3.63) is 34.9 Å². The maximum Gasteiger partial charge on any atom is 0.0408 e. The summed E-state index contributed by atoms with van der Waals surface area (Å²) >= 11 is 6.18. The molecule has 2 aliphatic rings. The van der Waals surface area contributed by atoms with E-state index in [0.29, 0.717) is 5.92 Å². The summed E-state index contributed by atoms with van der Waals surface area (Å²) in [4.78, 5) is 0. The van der Waals surface area contributed by atoms with Gasteiger partial charge >= 0.3 is 0 Å². The Bertz CT molecular complexity index is 445. The van der Waals surface area contributed by atoms with Crippen LogP contribution >= 0.6 is 11.6 Å². The zero-order valence-corrected chi connectivity index (χ0v) is 13.2. The van der Waals surface area contributed by atoms with Gasteiger partial charge in [0.2, 0.25) is 0 Å². The lowest BCUT2D eigenvalue weighted by Gasteiger charge is -2.27. The average molecular weight is 292 g/mol. The molecule has 20 heavy (non-hydrogen) atoms. The third-order valence-corrected chi connectivity index (χ3v) is 5.67. The molecule has 0 spiro atoms. The number of halogens is 1. The maximum atomic E-state index is 6.18. The van der Waals surface area contributed by atoms with Gasteiger partial charge in [-0.05, 0) is 73.6 Å². The van der Waals surface area contributed by atoms with Crippen molar-refractivity contribution in [1.82, 2.24) is 5.32 Å². The molecule has 0 aliphatic heterocycles. The zero-order valence-electron chi connectivity index (χ0n) is 12.4. The van der Waals surface area contributed by atoms with Gasteiger partial charge in [0.05, 0.1) is 0 Å². The van der Waals surface area contributed by atoms with Crippen molar-refractivity contribution in [2.24, 2.45) is 17.8 Å². The molecule has 3 rings (SSSR count). The number of likely N-dealkylation sites (N-methyl/N-ethyl adjacent to an activating group) is 1. The minimum atomic E-state index is 0.623. The molecule has 0 amide bonds. The molecule has 1 N–H and O–H groups in total. The molecule has 2 aliphatic carbocycles. The lowest BCUT2D eigenvalue weighted by Crippen LogP contribution is -2.24. The highest BCUT2D eigenvalue weighted by Crippen LogP contribution is 2.51. The van der Waals surface area contributed by atoms with Crippen LogP contribution in [0.3, 0.4) is 0 Å². The van der Waals surface area contributed by atoms with E-state index in [1.165, 1.54) is 37.7 Å². The van der Waals surface area contributed by atoms with Gasteiger partial charge in [-0.3, -0.25) is 0 Å². The van der Waals surface area contributed by atoms with E-state index in [1.807, 2.05) is 6.07 Å². The van der Waals surface area contributed by atoms with Crippen LogP contribution in [0.25, 0.3) is 0 Å². The molecular formula is C18H26ClN. The van der Waals surface area contributed by atoms with Crippen molar-refractivity contribution < 1.29 is 0 Å². The molecule has 0 saturated heterocycles. The average Bonchev–Trinajstić information content (AvgIpc) is 3.06. The number of benzene rings is 1. The molecule has 2 saturated carbocycles. The number of hydrogen-bond acceptors (Lipinski definition) is 1. The van der Waals surface area contributed by atoms with E-state index in [4.69, 9.17) is 11.6 Å². The molecule has 2 fully saturated rings. The summed E-state index contributed by atoms with van der Waals surface area (Å²) in [7, 11) is 0. The van der Waals surface area contributed by atoms with Gasteiger partial charge in [-0.1, -0.05) is 37.1 Å². The van der Waals surface area contributed by atoms with Crippen LogP contribution in [0, 0.1) is 17.8 Å². The second kappa shape index (κ2) is 6.49. The van der Waals surface area contributed by atoms with Gasteiger partial charge in [-0.25, -0.2) is 0 Å². The molecule has 0 radical (unpaired) electrons. The fourth-order valence-electron chi connectivity index (χ4n) is 4.45. The van der Waals surface area contributed by atoms with E-state index in [9.17, 15) is 0 Å². The standard InChI is InChI=1S/C18H26ClN/c1-2-20-12-17(14-4-3-5-18(19)11-14)10-16-9-13-6-7-15(16)8-13/h3-5,11,13,15-17,20H,2,6-10,12H2,1H3. The van der Waals surface area contributed by atoms with E-state index in [2.05, 4.69) is 30.4 Å². The predicted molar refractivity (Wildman–Crippen MR) is 86.3 cm³/mol. The van der Waals surface area contributed by atoms with Crippen molar-refractivity contribution in [3.8, 4) is 0 Å². The lowest BCUT2D eigenvalue weighted by atomic mass is 9.80. The number of rotatable bonds is 6. The second-order valence-electron chi connectivity index (χ2n) is 6.73. The first kappa shape index (κ1) is 14.4. The third kappa shape index (κ3) is 3.20. The van der Waals surface area contributed by atoms with Gasteiger partial charge in [0.15, 0.2) is 0 Å². The molecule has 2 heteroatoms. The largest absolute Gasteiger partial charge is 0.316 e. The van der Waals surface area contributed by atoms with E-state index in [1.54, 1.807) is 0 Å². The molecule has 110 valence electrons. The minimum absolute atomic E-state index is 0.623. The summed E-state index contributed by atoms with van der Waals surface area (Å²) < 4.78 is 0. The van der Waals surface area contributed by atoms with Crippen molar-refractivity contribution in [2.75, 3.05) is 13.1 Å². The second-order valence-corrected chi connectivity index (χ2v) is 7.17. The molecule has 4 unspecified atom stereocenters. The molecule has 0 aromatic heterocycles. The van der Waals surface area contributed by atoms with Crippen LogP contribution in [0.4, 0.5) is 0 Å². The monoisotopic (exact) mass is 291 g/mol. The van der Waals surface area contributed by atoms with Crippen LogP contribution in [-0.4, -0.2) is 13.1 Å². The first-order valence-corrected chi connectivity index (χ1v) is 8.60. The zero-order chi connectivity index (χ0) is 13.9. The number of hydrogen-bond donors (Lipinski definition) is 1. The first-order valence-electron chi connectivity index (χ1n) is 8.22. The third-order valence-electron chi connectivity index (χ3n) is 5.43. The van der Waals surface area contributed by atoms with Gasteiger partial charge in [-0.2, -0.15) is 0 Å². The smallest absolute Gasteiger partial charge is 0.0408 e. The van der Waals surface area contributed by atoms with E-state index in [-0.39, 0.29) is 0 Å². The Hall–Kier alpha value is -0.530. The van der Waals surface area contributed by atoms with Crippen LogP contribution in [0.5, 0.6) is 0 Å². The highest BCUT2D eigenvalue weighted by Gasteiger charge is 2.40. The molecule has 2 bridgehead atoms. The van der Waals surface area contributed by atoms with Crippen LogP contribution in [-0.2, 0) is 0 Å². The Balaban J connectivity index is 1.69. The van der Waals surface area contributed by atoms with Crippen molar-refractivity contribution >= 4 is 11.6 Å². The van der Waals surface area contributed by atoms with Crippen molar-refractivity contribution in [1.29, 1.82) is 0 Å². The normalized spacial score (nSPS) is 29.8. The summed E-state index contributed by atoms with van der Waals surface area (Å²) in [5.41, 5.74) is 1.42. The Morgan fingerprint density at radius 3 is 2.85 bits per heavy atom. The number of nitrogens with one attached hydrogen (secondary N) is 1. The quantitative estimate of drug-likeness (QED) is 0.789. The lowest BCUT2D eigenvalue weighted by molar-refractivity contribution is 0.292. The molecule has 1 nitrogen and oxygen atoms in total. The van der Waals surface area contributed by atoms with Gasteiger partial charge in [0.1, 0.15) is 0 Å². The van der Waals surface area contributed by atoms with Gasteiger partial charge in [-0.15, -0.1) is 0 Å². The fraction of sp³-hybridized carbons (Fsp3) is 0.667. The highest BCUT2D eigenvalue weighted by molar-refractivity contribution is 6.30. The van der Waals surface area contributed by atoms with Gasteiger partial charge in [0, 0.05) is 11.6 Å². The topological polar surface area (TPSA) is 12.0 Å². The fourth-order valence-corrected chi connectivity index (χ4v) is 4.65. The van der Waals surface area contributed by atoms with Crippen LogP contribution in [0.2, 0.25) is 5.02 Å². The summed E-state index contributed by atoms with van der Waals surface area (Å²) in [6.07, 6.45) is 7.31. The molecule has 1 aromatic rings. The summed E-state index contributed by atoms with van der Waals surface area (Å²) in [5, 5.41) is 4.41. The Morgan fingerprint density at radius 1 is 1.30 bits per heavy atom. The summed E-state index contributed by atoms with van der Waals surface area (Å²) in [5.74, 6) is 3.64. The van der Waals surface area contributed by atoms with E-state index < -0.39 is 0 Å². The Morgan fingerprint density at radius 2 is 2.20 bits per heavy atom. The van der Waals surface area contributed by atoms with Crippen LogP contribution < -0.4 is 5.32 Å². The molecule has 1 aromatic carbocycles. The van der Waals surface area contributed by atoms with Crippen LogP contribution in [0.1, 0.15) is 50.5 Å². The number of fused-ring (bicyclic) bond motifs is 2. The molecular weight excluding hydrogens is 266 g/mol. The first-order chi connectivity index (χ1) is 9.76. The Kier molecular flexibility index (Phi) is 4.68. The van der Waals surface area contributed by atoms with Crippen molar-refractivity contribution in [3.63, 3.8) is 0 Å². The predicted octanol–water partition coefficient (Wildman–Crippen LogP) is 4.86. The van der Waals surface area contributed by atoms with Crippen LogP contribution in [0.15, 0.2) is 24.3 Å². The van der Waals surface area contributed by atoms with Gasteiger partial charge < -0.3 is 5.32 Å². The SMILES string of the molecule is CCNCC(CC1CC2CCC1C2)c1cccc(Cl)c1. The van der Waals surface area contributed by atoms with E-state index >= 15 is 0 Å². The minimum Gasteiger partial charge on any atom is -0.316 e. The van der Waals surface area contributed by atoms with E-state index in [0.717, 1.165) is 35.9 Å².